The van der Waals surface area contributed by atoms with E-state index in [9.17, 15) is 9.59 Å². The standard InChI is InChI=1S/C17H17NO2S.C15H13NO2S.K.H2O/c1-2-20-17(19)15-11-13-10-14(21-16(13)18-15)9-8-12-6-4-3-5-7-12;17-15(18)13-9-11-8-12(19-14(11)16-13)7-6-10-4-2-1-3-5-10;;/h3-7,10-11,18H,2,8-9H2,1H3;1-5,8-9,16H,6-7H2,(H,17,18);;1H2/q;;+1;/p-1. The van der Waals surface area contributed by atoms with Crippen molar-refractivity contribution in [3.05, 3.63) is 117 Å². The first-order valence-electron chi connectivity index (χ1n) is 13.2. The number of fused-ring (bicyclic) bond motifs is 2. The molecule has 0 aliphatic carbocycles. The van der Waals surface area contributed by atoms with E-state index in [4.69, 9.17) is 9.84 Å². The first kappa shape index (κ1) is 34.0. The number of nitrogens with one attached hydrogen (secondary N) is 2. The number of carbonyl (C=O) groups is 2. The Balaban J connectivity index is 0.000000221. The number of carboxylic acids is 1. The van der Waals surface area contributed by atoms with Gasteiger partial charge >= 0.3 is 63.3 Å². The number of aromatic carboxylic acids is 1. The van der Waals surface area contributed by atoms with Crippen molar-refractivity contribution in [1.82, 2.24) is 9.97 Å². The zero-order valence-corrected chi connectivity index (χ0v) is 28.3. The Hall–Kier alpha value is -2.54. The third kappa shape index (κ3) is 8.98. The molecule has 10 heteroatoms. The van der Waals surface area contributed by atoms with Crippen LogP contribution in [0.25, 0.3) is 20.4 Å². The zero-order chi connectivity index (χ0) is 27.9. The van der Waals surface area contributed by atoms with Crippen LogP contribution in [-0.4, -0.2) is 39.1 Å². The maximum absolute atomic E-state index is 11.7. The molecule has 6 aromatic rings. The molecule has 2 aromatic carbocycles. The van der Waals surface area contributed by atoms with Crippen LogP contribution in [-0.2, 0) is 30.4 Å². The van der Waals surface area contributed by atoms with Crippen molar-refractivity contribution in [2.75, 3.05) is 6.61 Å². The summed E-state index contributed by atoms with van der Waals surface area (Å²) in [7, 11) is 0. The Kier molecular flexibility index (Phi) is 13.2. The summed E-state index contributed by atoms with van der Waals surface area (Å²) >= 11 is 3.35. The summed E-state index contributed by atoms with van der Waals surface area (Å²) in [6.45, 7) is 2.21. The van der Waals surface area contributed by atoms with Gasteiger partial charge in [-0.2, -0.15) is 0 Å². The number of thiophene rings is 2. The molecule has 0 aliphatic rings. The van der Waals surface area contributed by atoms with Crippen LogP contribution < -0.4 is 51.4 Å². The number of rotatable bonds is 9. The summed E-state index contributed by atoms with van der Waals surface area (Å²) in [4.78, 5) is 33.2. The Morgan fingerprint density at radius 2 is 1.17 bits per heavy atom. The predicted octanol–water partition coefficient (Wildman–Crippen LogP) is 4.73. The largest absolute Gasteiger partial charge is 1.00 e. The SMILES string of the molecule is CCOC(=O)c1cc2cc(CCc3ccccc3)sc2[nH]1.O=C(O)c1cc2cc(CCc3ccccc3)sc2[nH]1.[K+].[OH-]. The molecule has 6 rings (SSSR count). The molecule has 0 fully saturated rings. The molecule has 4 N–H and O–H groups in total. The van der Waals surface area contributed by atoms with Gasteiger partial charge in [-0.25, -0.2) is 9.59 Å². The molecule has 4 aromatic heterocycles. The number of carboxylic acid groups (broad SMARTS) is 1. The smallest absolute Gasteiger partial charge is 0.870 e. The Morgan fingerprint density at radius 1 is 0.714 bits per heavy atom. The average Bonchev–Trinajstić information content (AvgIpc) is 3.72. The molecule has 0 bridgehead atoms. The van der Waals surface area contributed by atoms with Crippen LogP contribution in [0.3, 0.4) is 0 Å². The molecule has 212 valence electrons. The van der Waals surface area contributed by atoms with Crippen LogP contribution in [0.2, 0.25) is 0 Å². The number of hydrogen-bond acceptors (Lipinski definition) is 6. The number of benzene rings is 2. The minimum Gasteiger partial charge on any atom is -0.870 e. The van der Waals surface area contributed by atoms with E-state index in [1.807, 2.05) is 37.3 Å². The molecule has 42 heavy (non-hydrogen) atoms. The van der Waals surface area contributed by atoms with Gasteiger partial charge in [0.2, 0.25) is 0 Å². The molecule has 0 atom stereocenters. The van der Waals surface area contributed by atoms with Crippen molar-refractivity contribution in [3.8, 4) is 0 Å². The third-order valence-electron chi connectivity index (χ3n) is 6.45. The molecule has 0 unspecified atom stereocenters. The van der Waals surface area contributed by atoms with E-state index < -0.39 is 5.97 Å². The van der Waals surface area contributed by atoms with Crippen molar-refractivity contribution >= 4 is 55.0 Å². The van der Waals surface area contributed by atoms with Gasteiger partial charge in [0.15, 0.2) is 0 Å². The summed E-state index contributed by atoms with van der Waals surface area (Å²) in [5, 5.41) is 11.0. The fraction of sp³-hybridized carbons (Fsp3) is 0.188. The van der Waals surface area contributed by atoms with Crippen LogP contribution in [0.4, 0.5) is 0 Å². The predicted molar refractivity (Wildman–Crippen MR) is 165 cm³/mol. The molecular weight excluding hydrogens is 596 g/mol. The Morgan fingerprint density at radius 3 is 1.60 bits per heavy atom. The number of aromatic nitrogens is 2. The van der Waals surface area contributed by atoms with Gasteiger partial charge in [0, 0.05) is 20.5 Å². The van der Waals surface area contributed by atoms with Crippen molar-refractivity contribution in [3.63, 3.8) is 0 Å². The van der Waals surface area contributed by atoms with Crippen LogP contribution >= 0.6 is 22.7 Å². The van der Waals surface area contributed by atoms with Gasteiger partial charge < -0.3 is 25.3 Å². The average molecular weight is 627 g/mol. The van der Waals surface area contributed by atoms with E-state index in [0.29, 0.717) is 12.3 Å². The number of aromatic amines is 2. The number of esters is 1. The molecule has 0 aliphatic heterocycles. The second-order valence-corrected chi connectivity index (χ2v) is 11.6. The summed E-state index contributed by atoms with van der Waals surface area (Å²) in [6.07, 6.45) is 4.05. The fourth-order valence-electron chi connectivity index (χ4n) is 4.46. The molecule has 0 spiro atoms. The molecule has 0 saturated heterocycles. The van der Waals surface area contributed by atoms with Crippen molar-refractivity contribution in [1.29, 1.82) is 0 Å². The molecular formula is C32H31KN2O5S2. The van der Waals surface area contributed by atoms with E-state index in [0.717, 1.165) is 46.1 Å². The zero-order valence-electron chi connectivity index (χ0n) is 23.6. The number of H-pyrrole nitrogens is 2. The molecule has 0 saturated carbocycles. The van der Waals surface area contributed by atoms with Crippen LogP contribution in [0.15, 0.2) is 84.9 Å². The Labute approximate surface area is 294 Å². The Bertz CT molecular complexity index is 1660. The van der Waals surface area contributed by atoms with Crippen molar-refractivity contribution < 1.29 is 76.3 Å². The summed E-state index contributed by atoms with van der Waals surface area (Å²) in [5.74, 6) is -1.19. The van der Waals surface area contributed by atoms with E-state index >= 15 is 0 Å². The second kappa shape index (κ2) is 16.3. The molecule has 0 amide bonds. The molecule has 4 heterocycles. The number of carbonyl (C=O) groups excluding carboxylic acids is 1. The van der Waals surface area contributed by atoms with Gasteiger partial charge in [-0.3, -0.25) is 0 Å². The van der Waals surface area contributed by atoms with Crippen LogP contribution in [0, 0.1) is 0 Å². The van der Waals surface area contributed by atoms with Gasteiger partial charge in [-0.15, -0.1) is 22.7 Å². The molecule has 0 radical (unpaired) electrons. The minimum atomic E-state index is -0.908. The minimum absolute atomic E-state index is 0. The topological polar surface area (TPSA) is 125 Å². The number of ether oxygens (including phenoxy) is 1. The number of aryl methyl sites for hydroxylation is 4. The van der Waals surface area contributed by atoms with Gasteiger partial charge in [-0.05, 0) is 68.0 Å². The monoisotopic (exact) mass is 626 g/mol. The second-order valence-electron chi connectivity index (χ2n) is 9.36. The van der Waals surface area contributed by atoms with Crippen LogP contribution in [0.1, 0.15) is 48.8 Å². The van der Waals surface area contributed by atoms with E-state index in [1.54, 1.807) is 28.7 Å². The maximum atomic E-state index is 11.7. The fourth-order valence-corrected chi connectivity index (χ4v) is 6.56. The van der Waals surface area contributed by atoms with Crippen molar-refractivity contribution in [2.45, 2.75) is 32.6 Å². The maximum Gasteiger partial charge on any atom is 1.00 e. The first-order valence-corrected chi connectivity index (χ1v) is 14.8. The number of hydrogen-bond donors (Lipinski definition) is 3. The van der Waals surface area contributed by atoms with Gasteiger partial charge in [0.05, 0.1) is 6.61 Å². The summed E-state index contributed by atoms with van der Waals surface area (Å²) in [5.41, 5.74) is 3.47. The van der Waals surface area contributed by atoms with E-state index in [-0.39, 0.29) is 68.5 Å². The van der Waals surface area contributed by atoms with Crippen LogP contribution in [0.5, 0.6) is 0 Å². The van der Waals surface area contributed by atoms with Gasteiger partial charge in [0.25, 0.3) is 0 Å². The normalized spacial score (nSPS) is 10.4. The first-order chi connectivity index (χ1) is 19.5. The summed E-state index contributed by atoms with van der Waals surface area (Å²) < 4.78 is 5.00. The van der Waals surface area contributed by atoms with E-state index in [1.165, 1.54) is 20.9 Å². The summed E-state index contributed by atoms with van der Waals surface area (Å²) in [6, 6.07) is 28.6. The van der Waals surface area contributed by atoms with E-state index in [2.05, 4.69) is 58.5 Å². The van der Waals surface area contributed by atoms with Gasteiger partial charge in [0.1, 0.15) is 21.0 Å². The van der Waals surface area contributed by atoms with Crippen molar-refractivity contribution in [2.24, 2.45) is 0 Å². The quantitative estimate of drug-likeness (QED) is 0.158. The van der Waals surface area contributed by atoms with Gasteiger partial charge in [-0.1, -0.05) is 60.7 Å². The third-order valence-corrected chi connectivity index (χ3v) is 8.70. The molecule has 7 nitrogen and oxygen atoms in total.